The van der Waals surface area contributed by atoms with Crippen LogP contribution in [0.3, 0.4) is 0 Å². The molecule has 246 valence electrons. The SMILES string of the molecule is c1ccc(-n2c3ccccc3c3c(-c4nc(-n5c6ccccc6c6c5nc5c7ccccc7c7ccccc7n56)nc5ccccc45)cccc32)cc1. The molecule has 0 radical (unpaired) electrons. The van der Waals surface area contributed by atoms with Crippen molar-refractivity contribution in [1.29, 1.82) is 0 Å². The topological polar surface area (TPSA) is 52.9 Å². The lowest BCUT2D eigenvalue weighted by Crippen LogP contribution is -2.04. The molecule has 0 spiro atoms. The highest BCUT2D eigenvalue weighted by Gasteiger charge is 2.24. The fourth-order valence-corrected chi connectivity index (χ4v) is 8.66. The molecule has 0 unspecified atom stereocenters. The molecule has 0 saturated carbocycles. The van der Waals surface area contributed by atoms with Crippen LogP contribution in [0.25, 0.3) is 105 Å². The smallest absolute Gasteiger partial charge is 0.237 e. The third kappa shape index (κ3) is 3.84. The molecule has 0 saturated heterocycles. The zero-order valence-electron chi connectivity index (χ0n) is 28.3. The van der Waals surface area contributed by atoms with E-state index in [0.717, 1.165) is 82.9 Å². The molecule has 53 heavy (non-hydrogen) atoms. The molecule has 12 aromatic rings. The summed E-state index contributed by atoms with van der Waals surface area (Å²) in [4.78, 5) is 16.3. The molecule has 0 N–H and O–H groups in total. The van der Waals surface area contributed by atoms with Crippen LogP contribution in [0, 0.1) is 0 Å². The summed E-state index contributed by atoms with van der Waals surface area (Å²) >= 11 is 0. The summed E-state index contributed by atoms with van der Waals surface area (Å²) in [5.41, 5.74) is 11.2. The number of imidazole rings is 1. The van der Waals surface area contributed by atoms with Gasteiger partial charge in [0.05, 0.1) is 33.3 Å². The second kappa shape index (κ2) is 10.6. The summed E-state index contributed by atoms with van der Waals surface area (Å²) in [5.74, 6) is 0.589. The first-order chi connectivity index (χ1) is 26.3. The largest absolute Gasteiger partial charge is 0.309 e. The maximum Gasteiger partial charge on any atom is 0.237 e. The zero-order chi connectivity index (χ0) is 34.6. The van der Waals surface area contributed by atoms with E-state index in [-0.39, 0.29) is 0 Å². The van der Waals surface area contributed by atoms with E-state index >= 15 is 0 Å². The molecule has 0 bridgehead atoms. The lowest BCUT2D eigenvalue weighted by Gasteiger charge is -2.12. The van der Waals surface area contributed by atoms with Crippen molar-refractivity contribution in [1.82, 2.24) is 28.5 Å². The van der Waals surface area contributed by atoms with Crippen molar-refractivity contribution in [3.63, 3.8) is 0 Å². The fourth-order valence-electron chi connectivity index (χ4n) is 8.66. The Morgan fingerprint density at radius 2 is 0.962 bits per heavy atom. The van der Waals surface area contributed by atoms with Crippen LogP contribution in [0.2, 0.25) is 0 Å². The molecule has 0 aliphatic carbocycles. The summed E-state index contributed by atoms with van der Waals surface area (Å²) in [6.07, 6.45) is 0. The van der Waals surface area contributed by atoms with Gasteiger partial charge in [0.15, 0.2) is 5.65 Å². The van der Waals surface area contributed by atoms with Crippen LogP contribution in [-0.4, -0.2) is 28.5 Å². The highest BCUT2D eigenvalue weighted by Crippen LogP contribution is 2.41. The van der Waals surface area contributed by atoms with Crippen LogP contribution in [0.4, 0.5) is 0 Å². The minimum Gasteiger partial charge on any atom is -0.309 e. The highest BCUT2D eigenvalue weighted by atomic mass is 15.2. The van der Waals surface area contributed by atoms with E-state index in [9.17, 15) is 0 Å². The Hall–Kier alpha value is -7.31. The fraction of sp³-hybridized carbons (Fsp3) is 0. The van der Waals surface area contributed by atoms with Gasteiger partial charge in [0.25, 0.3) is 0 Å². The van der Waals surface area contributed by atoms with E-state index in [4.69, 9.17) is 15.0 Å². The number of nitrogens with zero attached hydrogens (tertiary/aromatic N) is 6. The Morgan fingerprint density at radius 1 is 0.358 bits per heavy atom. The second-order valence-corrected chi connectivity index (χ2v) is 13.6. The van der Waals surface area contributed by atoms with Crippen LogP contribution < -0.4 is 0 Å². The predicted octanol–water partition coefficient (Wildman–Crippen LogP) is 11.4. The first-order valence-corrected chi connectivity index (χ1v) is 17.9. The normalized spacial score (nSPS) is 12.2. The number of hydrogen-bond donors (Lipinski definition) is 0. The quantitative estimate of drug-likeness (QED) is 0.175. The van der Waals surface area contributed by atoms with Crippen molar-refractivity contribution < 1.29 is 0 Å². The molecular formula is C47H28N6. The molecule has 7 aromatic carbocycles. The van der Waals surface area contributed by atoms with Gasteiger partial charge < -0.3 is 4.57 Å². The van der Waals surface area contributed by atoms with Gasteiger partial charge in [0.2, 0.25) is 5.95 Å². The Bertz CT molecular complexity index is 3460. The van der Waals surface area contributed by atoms with Crippen LogP contribution >= 0.6 is 0 Å². The van der Waals surface area contributed by atoms with E-state index in [1.54, 1.807) is 0 Å². The molecule has 0 aliphatic heterocycles. The van der Waals surface area contributed by atoms with E-state index in [1.165, 1.54) is 16.2 Å². The summed E-state index contributed by atoms with van der Waals surface area (Å²) in [6, 6.07) is 59.9. The van der Waals surface area contributed by atoms with E-state index in [0.29, 0.717) is 5.95 Å². The van der Waals surface area contributed by atoms with Gasteiger partial charge in [-0.1, -0.05) is 127 Å². The minimum absolute atomic E-state index is 0.589. The second-order valence-electron chi connectivity index (χ2n) is 13.6. The van der Waals surface area contributed by atoms with Crippen molar-refractivity contribution in [2.75, 3.05) is 0 Å². The number of pyridine rings is 1. The first kappa shape index (κ1) is 28.4. The zero-order valence-corrected chi connectivity index (χ0v) is 28.3. The van der Waals surface area contributed by atoms with E-state index < -0.39 is 0 Å². The monoisotopic (exact) mass is 676 g/mol. The number of aromatic nitrogens is 6. The van der Waals surface area contributed by atoms with Gasteiger partial charge in [-0.05, 0) is 47.9 Å². The third-order valence-electron chi connectivity index (χ3n) is 10.8. The van der Waals surface area contributed by atoms with Crippen LogP contribution in [0.15, 0.2) is 170 Å². The van der Waals surface area contributed by atoms with Crippen molar-refractivity contribution in [3.05, 3.63) is 170 Å². The number of rotatable bonds is 3. The molecule has 6 heteroatoms. The lowest BCUT2D eigenvalue weighted by atomic mass is 10.0. The minimum atomic E-state index is 0.589. The van der Waals surface area contributed by atoms with E-state index in [2.05, 4.69) is 183 Å². The molecule has 0 fully saturated rings. The molecule has 12 rings (SSSR count). The molecule has 5 aromatic heterocycles. The summed E-state index contributed by atoms with van der Waals surface area (Å²) < 4.78 is 6.84. The lowest BCUT2D eigenvalue weighted by molar-refractivity contribution is 1.00. The molecule has 5 heterocycles. The first-order valence-electron chi connectivity index (χ1n) is 17.9. The van der Waals surface area contributed by atoms with Crippen LogP contribution in [0.1, 0.15) is 0 Å². The summed E-state index contributed by atoms with van der Waals surface area (Å²) in [5, 5.41) is 7.93. The molecule has 6 nitrogen and oxygen atoms in total. The van der Waals surface area contributed by atoms with Gasteiger partial charge in [-0.3, -0.25) is 8.97 Å². The van der Waals surface area contributed by atoms with Gasteiger partial charge in [-0.2, -0.15) is 0 Å². The van der Waals surface area contributed by atoms with Crippen LogP contribution in [-0.2, 0) is 0 Å². The van der Waals surface area contributed by atoms with Gasteiger partial charge in [-0.25, -0.2) is 15.0 Å². The van der Waals surface area contributed by atoms with Crippen molar-refractivity contribution in [3.8, 4) is 22.9 Å². The Kier molecular flexibility index (Phi) is 5.68. The predicted molar refractivity (Wildman–Crippen MR) is 217 cm³/mol. The summed E-state index contributed by atoms with van der Waals surface area (Å²) in [7, 11) is 0. The molecule has 0 atom stereocenters. The highest BCUT2D eigenvalue weighted by molar-refractivity contribution is 6.19. The van der Waals surface area contributed by atoms with Gasteiger partial charge in [0.1, 0.15) is 11.2 Å². The maximum absolute atomic E-state index is 5.54. The average molecular weight is 677 g/mol. The maximum atomic E-state index is 5.54. The third-order valence-corrected chi connectivity index (χ3v) is 10.8. The summed E-state index contributed by atoms with van der Waals surface area (Å²) in [6.45, 7) is 0. The molecule has 0 aliphatic rings. The Labute approximate surface area is 302 Å². The van der Waals surface area contributed by atoms with Crippen LogP contribution in [0.5, 0.6) is 0 Å². The van der Waals surface area contributed by atoms with Gasteiger partial charge >= 0.3 is 0 Å². The van der Waals surface area contributed by atoms with Gasteiger partial charge in [0, 0.05) is 43.6 Å². The Morgan fingerprint density at radius 3 is 1.77 bits per heavy atom. The number of benzene rings is 7. The van der Waals surface area contributed by atoms with E-state index in [1.807, 2.05) is 0 Å². The van der Waals surface area contributed by atoms with Crippen molar-refractivity contribution in [2.45, 2.75) is 0 Å². The average Bonchev–Trinajstić information content (AvgIpc) is 3.88. The standard InChI is InChI=1S/C47H28N6/c1-2-15-29(16-3-1)51-39-26-12-8-21-34(39)42-36(23-14-28-41(42)51)43-33-20-6-10-24-37(33)48-47(49-43)53-40-27-13-9-22-35(40)44-46(53)50-45-32-19-5-4-17-30(32)31-18-7-11-25-38(31)52(44)45/h1-28H. The number of para-hydroxylation sites is 5. The Balaban J connectivity index is 1.22. The van der Waals surface area contributed by atoms with Gasteiger partial charge in [-0.15, -0.1) is 0 Å². The number of fused-ring (bicyclic) bond motifs is 14. The molecular weight excluding hydrogens is 649 g/mol. The van der Waals surface area contributed by atoms with Crippen molar-refractivity contribution in [2.24, 2.45) is 0 Å². The number of hydrogen-bond acceptors (Lipinski definition) is 3. The molecule has 0 amide bonds. The van der Waals surface area contributed by atoms with Crippen molar-refractivity contribution >= 4 is 82.1 Å².